The Balaban J connectivity index is 2.52. The van der Waals surface area contributed by atoms with Crippen LogP contribution in [0.25, 0.3) is 0 Å². The average Bonchev–Trinajstić information content (AvgIpc) is 2.52. The van der Waals surface area contributed by atoms with Crippen molar-refractivity contribution < 1.29 is 23.5 Å². The van der Waals surface area contributed by atoms with Gasteiger partial charge in [-0.2, -0.15) is 0 Å². The quantitative estimate of drug-likeness (QED) is 0.857. The predicted octanol–water partition coefficient (Wildman–Crippen LogP) is 1.63. The van der Waals surface area contributed by atoms with Crippen LogP contribution in [0.15, 0.2) is 47.8 Å². The zero-order chi connectivity index (χ0) is 15.4. The highest BCUT2D eigenvalue weighted by atomic mass is 19.1. The molecule has 0 fully saturated rings. The number of nitrogens with one attached hydrogen (secondary N) is 1. The summed E-state index contributed by atoms with van der Waals surface area (Å²) in [6.07, 6.45) is 2.85. The van der Waals surface area contributed by atoms with E-state index in [4.69, 9.17) is 9.47 Å². The SMILES string of the molecule is COC(=O)C1=CNC=C(C(=O)OC)C1c1cccc(F)c1. The number of ether oxygens (including phenoxy) is 2. The Kier molecular flexibility index (Phi) is 4.37. The molecule has 0 amide bonds. The number of rotatable bonds is 3. The van der Waals surface area contributed by atoms with E-state index in [0.29, 0.717) is 5.56 Å². The Morgan fingerprint density at radius 1 is 1.10 bits per heavy atom. The van der Waals surface area contributed by atoms with E-state index in [1.807, 2.05) is 0 Å². The van der Waals surface area contributed by atoms with E-state index in [9.17, 15) is 14.0 Å². The molecule has 6 heteroatoms. The number of dihydropyridines is 1. The molecule has 0 aromatic heterocycles. The zero-order valence-electron chi connectivity index (χ0n) is 11.6. The van der Waals surface area contributed by atoms with Gasteiger partial charge in [0.25, 0.3) is 0 Å². The molecule has 5 nitrogen and oxygen atoms in total. The maximum absolute atomic E-state index is 13.5. The van der Waals surface area contributed by atoms with Gasteiger partial charge in [0.1, 0.15) is 5.82 Å². The molecule has 0 radical (unpaired) electrons. The minimum absolute atomic E-state index is 0.200. The molecule has 1 aromatic rings. The molecule has 110 valence electrons. The van der Waals surface area contributed by atoms with Crippen LogP contribution in [-0.2, 0) is 19.1 Å². The number of halogens is 1. The third-order valence-corrected chi connectivity index (χ3v) is 3.12. The summed E-state index contributed by atoms with van der Waals surface area (Å²) < 4.78 is 22.9. The van der Waals surface area contributed by atoms with Gasteiger partial charge in [-0.05, 0) is 17.7 Å². The summed E-state index contributed by atoms with van der Waals surface area (Å²) in [4.78, 5) is 23.8. The van der Waals surface area contributed by atoms with Crippen molar-refractivity contribution in [2.75, 3.05) is 14.2 Å². The van der Waals surface area contributed by atoms with Gasteiger partial charge in [-0.3, -0.25) is 0 Å². The molecule has 1 heterocycles. The first kappa shape index (κ1) is 14.8. The van der Waals surface area contributed by atoms with Crippen molar-refractivity contribution in [2.45, 2.75) is 5.92 Å². The fraction of sp³-hybridized carbons (Fsp3) is 0.200. The van der Waals surface area contributed by atoms with E-state index in [0.717, 1.165) is 0 Å². The van der Waals surface area contributed by atoms with E-state index in [1.165, 1.54) is 44.8 Å². The number of methoxy groups -OCH3 is 2. The Bertz CT molecular complexity index is 604. The van der Waals surface area contributed by atoms with Crippen molar-refractivity contribution in [3.8, 4) is 0 Å². The number of carbonyl (C=O) groups excluding carboxylic acids is 2. The van der Waals surface area contributed by atoms with E-state index in [2.05, 4.69) is 5.32 Å². The lowest BCUT2D eigenvalue weighted by Gasteiger charge is -2.24. The highest BCUT2D eigenvalue weighted by Crippen LogP contribution is 2.34. The van der Waals surface area contributed by atoms with Gasteiger partial charge < -0.3 is 14.8 Å². The minimum Gasteiger partial charge on any atom is -0.466 e. The molecule has 1 aromatic carbocycles. The highest BCUT2D eigenvalue weighted by molar-refractivity contribution is 5.98. The van der Waals surface area contributed by atoms with Crippen LogP contribution in [0.3, 0.4) is 0 Å². The van der Waals surface area contributed by atoms with Crippen molar-refractivity contribution in [3.05, 3.63) is 59.2 Å². The van der Waals surface area contributed by atoms with Crippen molar-refractivity contribution in [2.24, 2.45) is 0 Å². The molecular weight excluding hydrogens is 277 g/mol. The van der Waals surface area contributed by atoms with Crippen LogP contribution in [0.1, 0.15) is 11.5 Å². The molecule has 21 heavy (non-hydrogen) atoms. The highest BCUT2D eigenvalue weighted by Gasteiger charge is 2.33. The van der Waals surface area contributed by atoms with Crippen LogP contribution in [0, 0.1) is 5.82 Å². The Hall–Kier alpha value is -2.63. The van der Waals surface area contributed by atoms with Crippen LogP contribution < -0.4 is 5.32 Å². The topological polar surface area (TPSA) is 64.6 Å². The maximum Gasteiger partial charge on any atom is 0.336 e. The lowest BCUT2D eigenvalue weighted by Crippen LogP contribution is -2.26. The summed E-state index contributed by atoms with van der Waals surface area (Å²) in [6.45, 7) is 0. The predicted molar refractivity (Wildman–Crippen MR) is 72.5 cm³/mol. The standard InChI is InChI=1S/C15H14FNO4/c1-20-14(18)11-7-17-8-12(15(19)21-2)13(11)9-4-3-5-10(16)6-9/h3-8,13,17H,1-2H3. The molecular formula is C15H14FNO4. The number of carbonyl (C=O) groups is 2. The maximum atomic E-state index is 13.5. The van der Waals surface area contributed by atoms with Crippen molar-refractivity contribution in [1.82, 2.24) is 5.32 Å². The molecule has 1 N–H and O–H groups in total. The van der Waals surface area contributed by atoms with E-state index in [-0.39, 0.29) is 11.1 Å². The molecule has 0 unspecified atom stereocenters. The van der Waals surface area contributed by atoms with Crippen LogP contribution >= 0.6 is 0 Å². The average molecular weight is 291 g/mol. The molecule has 1 aliphatic rings. The summed E-state index contributed by atoms with van der Waals surface area (Å²) in [5, 5.41) is 2.71. The van der Waals surface area contributed by atoms with Gasteiger partial charge in [-0.25, -0.2) is 14.0 Å². The number of esters is 2. The number of benzene rings is 1. The second-order valence-electron chi connectivity index (χ2n) is 4.34. The molecule has 0 saturated heterocycles. The number of hydrogen-bond acceptors (Lipinski definition) is 5. The second-order valence-corrected chi connectivity index (χ2v) is 4.34. The van der Waals surface area contributed by atoms with Gasteiger partial charge in [-0.15, -0.1) is 0 Å². The normalized spacial score (nSPS) is 14.6. The van der Waals surface area contributed by atoms with Gasteiger partial charge >= 0.3 is 11.9 Å². The Labute approximate surface area is 121 Å². The molecule has 0 aliphatic carbocycles. The van der Waals surface area contributed by atoms with Crippen molar-refractivity contribution in [1.29, 1.82) is 0 Å². The van der Waals surface area contributed by atoms with Crippen LogP contribution in [0.5, 0.6) is 0 Å². The van der Waals surface area contributed by atoms with Gasteiger partial charge in [0, 0.05) is 12.4 Å². The van der Waals surface area contributed by atoms with Gasteiger partial charge in [0.2, 0.25) is 0 Å². The molecule has 2 rings (SSSR count). The fourth-order valence-electron chi connectivity index (χ4n) is 2.19. The first-order chi connectivity index (χ1) is 10.1. The third kappa shape index (κ3) is 2.94. The minimum atomic E-state index is -0.748. The lowest BCUT2D eigenvalue weighted by atomic mass is 9.83. The molecule has 0 saturated carbocycles. The molecule has 0 bridgehead atoms. The summed E-state index contributed by atoms with van der Waals surface area (Å²) in [5.41, 5.74) is 0.863. The van der Waals surface area contributed by atoms with E-state index < -0.39 is 23.7 Å². The van der Waals surface area contributed by atoms with Gasteiger partial charge in [0.05, 0.1) is 31.3 Å². The van der Waals surface area contributed by atoms with E-state index >= 15 is 0 Å². The van der Waals surface area contributed by atoms with Crippen LogP contribution in [-0.4, -0.2) is 26.2 Å². The lowest BCUT2D eigenvalue weighted by molar-refractivity contribution is -0.137. The molecule has 0 atom stereocenters. The van der Waals surface area contributed by atoms with Gasteiger partial charge in [0.15, 0.2) is 0 Å². The summed E-state index contributed by atoms with van der Waals surface area (Å²) >= 11 is 0. The number of hydrogen-bond donors (Lipinski definition) is 1. The van der Waals surface area contributed by atoms with Crippen molar-refractivity contribution >= 4 is 11.9 Å². The third-order valence-electron chi connectivity index (χ3n) is 3.12. The fourth-order valence-corrected chi connectivity index (χ4v) is 2.19. The smallest absolute Gasteiger partial charge is 0.336 e. The zero-order valence-corrected chi connectivity index (χ0v) is 11.6. The molecule has 1 aliphatic heterocycles. The van der Waals surface area contributed by atoms with Crippen LogP contribution in [0.2, 0.25) is 0 Å². The second kappa shape index (κ2) is 6.21. The Morgan fingerprint density at radius 3 is 2.14 bits per heavy atom. The first-order valence-corrected chi connectivity index (χ1v) is 6.16. The summed E-state index contributed by atoms with van der Waals surface area (Å²) in [7, 11) is 2.48. The summed E-state index contributed by atoms with van der Waals surface area (Å²) in [5.74, 6) is -2.42. The van der Waals surface area contributed by atoms with Crippen LogP contribution in [0.4, 0.5) is 4.39 Å². The summed E-state index contributed by atoms with van der Waals surface area (Å²) in [6, 6.07) is 5.69. The van der Waals surface area contributed by atoms with Gasteiger partial charge in [-0.1, -0.05) is 12.1 Å². The van der Waals surface area contributed by atoms with Crippen molar-refractivity contribution in [3.63, 3.8) is 0 Å². The monoisotopic (exact) mass is 291 g/mol. The van der Waals surface area contributed by atoms with E-state index in [1.54, 1.807) is 6.07 Å². The largest absolute Gasteiger partial charge is 0.466 e. The molecule has 0 spiro atoms. The Morgan fingerprint density at radius 2 is 1.67 bits per heavy atom. The first-order valence-electron chi connectivity index (χ1n) is 6.16.